The van der Waals surface area contributed by atoms with Gasteiger partial charge in [-0.2, -0.15) is 0 Å². The van der Waals surface area contributed by atoms with Crippen LogP contribution < -0.4 is 0 Å². The molecule has 1 atom stereocenters. The van der Waals surface area contributed by atoms with Crippen LogP contribution >= 0.6 is 0 Å². The summed E-state index contributed by atoms with van der Waals surface area (Å²) >= 11 is 0. The van der Waals surface area contributed by atoms with Gasteiger partial charge in [0, 0.05) is 24.9 Å². The summed E-state index contributed by atoms with van der Waals surface area (Å²) in [4.78, 5) is 15.7. The van der Waals surface area contributed by atoms with E-state index in [2.05, 4.69) is 29.6 Å². The molecular formula is C25H46N2O2. The SMILES string of the molecule is CCCCOC(=O)CCCCCCCCCCCCC(CCCC)n1ccnc1. The molecule has 0 aliphatic rings. The maximum absolute atomic E-state index is 11.5. The molecule has 1 unspecified atom stereocenters. The van der Waals surface area contributed by atoms with Crippen LogP contribution in [0.25, 0.3) is 0 Å². The maximum atomic E-state index is 11.5. The number of carbonyl (C=O) groups excluding carboxylic acids is 1. The first-order valence-corrected chi connectivity index (χ1v) is 12.4. The lowest BCUT2D eigenvalue weighted by atomic mass is 10.0. The van der Waals surface area contributed by atoms with E-state index in [1.807, 2.05) is 12.5 Å². The molecule has 0 saturated carbocycles. The van der Waals surface area contributed by atoms with Crippen molar-refractivity contribution in [2.75, 3.05) is 6.61 Å². The number of carbonyl (C=O) groups is 1. The van der Waals surface area contributed by atoms with Gasteiger partial charge in [-0.3, -0.25) is 4.79 Å². The zero-order chi connectivity index (χ0) is 21.0. The fourth-order valence-electron chi connectivity index (χ4n) is 3.83. The number of aromatic nitrogens is 2. The second-order valence-electron chi connectivity index (χ2n) is 8.45. The fourth-order valence-corrected chi connectivity index (χ4v) is 3.83. The van der Waals surface area contributed by atoms with Crippen molar-refractivity contribution in [3.8, 4) is 0 Å². The van der Waals surface area contributed by atoms with Gasteiger partial charge in [0.25, 0.3) is 0 Å². The second kappa shape index (κ2) is 18.7. The number of ether oxygens (including phenoxy) is 1. The maximum Gasteiger partial charge on any atom is 0.305 e. The molecule has 0 aliphatic heterocycles. The Morgan fingerprint density at radius 1 is 0.828 bits per heavy atom. The summed E-state index contributed by atoms with van der Waals surface area (Å²) in [6, 6.07) is 0.640. The van der Waals surface area contributed by atoms with E-state index in [4.69, 9.17) is 4.74 Å². The summed E-state index contributed by atoms with van der Waals surface area (Å²) in [7, 11) is 0. The third-order valence-electron chi connectivity index (χ3n) is 5.77. The first kappa shape index (κ1) is 25.7. The molecule has 168 valence electrons. The molecule has 4 nitrogen and oxygen atoms in total. The summed E-state index contributed by atoms with van der Waals surface area (Å²) in [5.41, 5.74) is 0. The zero-order valence-corrected chi connectivity index (χ0v) is 19.2. The van der Waals surface area contributed by atoms with Crippen LogP contribution in [0.15, 0.2) is 18.7 Å². The lowest BCUT2D eigenvalue weighted by Gasteiger charge is -2.18. The molecule has 1 aromatic rings. The number of unbranched alkanes of at least 4 members (excludes halogenated alkanes) is 11. The third kappa shape index (κ3) is 14.3. The lowest BCUT2D eigenvalue weighted by molar-refractivity contribution is -0.143. The Morgan fingerprint density at radius 2 is 1.41 bits per heavy atom. The largest absolute Gasteiger partial charge is 0.466 e. The minimum atomic E-state index is -0.0107. The molecular weight excluding hydrogens is 360 g/mol. The molecule has 0 amide bonds. The van der Waals surface area contributed by atoms with Gasteiger partial charge >= 0.3 is 5.97 Å². The van der Waals surface area contributed by atoms with Crippen LogP contribution in [0.4, 0.5) is 0 Å². The Kier molecular flexibility index (Phi) is 16.6. The molecule has 0 fully saturated rings. The van der Waals surface area contributed by atoms with Crippen LogP contribution in [-0.4, -0.2) is 22.1 Å². The normalized spacial score (nSPS) is 12.2. The van der Waals surface area contributed by atoms with E-state index >= 15 is 0 Å². The van der Waals surface area contributed by atoms with Crippen molar-refractivity contribution in [1.29, 1.82) is 0 Å². The average Bonchev–Trinajstić information content (AvgIpc) is 3.26. The first-order chi connectivity index (χ1) is 14.3. The highest BCUT2D eigenvalue weighted by Crippen LogP contribution is 2.22. The highest BCUT2D eigenvalue weighted by molar-refractivity contribution is 5.69. The number of hydrogen-bond donors (Lipinski definition) is 0. The van der Waals surface area contributed by atoms with E-state index in [0.29, 0.717) is 19.1 Å². The van der Waals surface area contributed by atoms with Gasteiger partial charge in [0.1, 0.15) is 0 Å². The number of hydrogen-bond acceptors (Lipinski definition) is 3. The predicted octanol–water partition coefficient (Wildman–Crippen LogP) is 7.64. The van der Waals surface area contributed by atoms with Crippen molar-refractivity contribution >= 4 is 5.97 Å². The first-order valence-electron chi connectivity index (χ1n) is 12.4. The van der Waals surface area contributed by atoms with Gasteiger partial charge in [-0.25, -0.2) is 4.98 Å². The minimum absolute atomic E-state index is 0.0107. The summed E-state index contributed by atoms with van der Waals surface area (Å²) in [6.45, 7) is 4.98. The topological polar surface area (TPSA) is 44.1 Å². The minimum Gasteiger partial charge on any atom is -0.466 e. The number of nitrogens with zero attached hydrogens (tertiary/aromatic N) is 2. The molecule has 29 heavy (non-hydrogen) atoms. The van der Waals surface area contributed by atoms with Gasteiger partial charge in [0.05, 0.1) is 12.9 Å². The molecule has 0 aliphatic carbocycles. The Morgan fingerprint density at radius 3 is 2.00 bits per heavy atom. The van der Waals surface area contributed by atoms with Gasteiger partial charge in [0.2, 0.25) is 0 Å². The quantitative estimate of drug-likeness (QED) is 0.165. The summed E-state index contributed by atoms with van der Waals surface area (Å²) in [5.74, 6) is -0.0107. The fraction of sp³-hybridized carbons (Fsp3) is 0.840. The van der Waals surface area contributed by atoms with E-state index in [1.54, 1.807) is 0 Å². The van der Waals surface area contributed by atoms with Crippen molar-refractivity contribution in [2.45, 2.75) is 129 Å². The molecule has 4 heteroatoms. The van der Waals surface area contributed by atoms with Crippen molar-refractivity contribution in [3.63, 3.8) is 0 Å². The highest BCUT2D eigenvalue weighted by atomic mass is 16.5. The van der Waals surface area contributed by atoms with Gasteiger partial charge in [-0.05, 0) is 25.7 Å². The Hall–Kier alpha value is -1.32. The van der Waals surface area contributed by atoms with Crippen molar-refractivity contribution in [1.82, 2.24) is 9.55 Å². The van der Waals surface area contributed by atoms with Crippen molar-refractivity contribution in [3.05, 3.63) is 18.7 Å². The molecule has 1 rings (SSSR count). The highest BCUT2D eigenvalue weighted by Gasteiger charge is 2.09. The summed E-state index contributed by atoms with van der Waals surface area (Å²) < 4.78 is 7.49. The Labute approximate surface area is 179 Å². The monoisotopic (exact) mass is 406 g/mol. The molecule has 0 N–H and O–H groups in total. The van der Waals surface area contributed by atoms with Crippen LogP contribution in [-0.2, 0) is 9.53 Å². The number of imidazole rings is 1. The van der Waals surface area contributed by atoms with Crippen LogP contribution in [0.1, 0.15) is 129 Å². The molecule has 0 bridgehead atoms. The van der Waals surface area contributed by atoms with Crippen molar-refractivity contribution in [2.24, 2.45) is 0 Å². The molecule has 0 saturated heterocycles. The molecule has 0 radical (unpaired) electrons. The predicted molar refractivity (Wildman–Crippen MR) is 122 cm³/mol. The zero-order valence-electron chi connectivity index (χ0n) is 19.2. The van der Waals surface area contributed by atoms with Crippen LogP contribution in [0.2, 0.25) is 0 Å². The van der Waals surface area contributed by atoms with E-state index in [9.17, 15) is 4.79 Å². The van der Waals surface area contributed by atoms with Crippen LogP contribution in [0.3, 0.4) is 0 Å². The van der Waals surface area contributed by atoms with Crippen LogP contribution in [0.5, 0.6) is 0 Å². The Balaban J connectivity index is 1.88. The number of rotatable bonds is 20. The van der Waals surface area contributed by atoms with Gasteiger partial charge in [0.15, 0.2) is 0 Å². The standard InChI is InChI=1S/C25H46N2O2/c1-3-5-17-24(27-21-20-26-23-27)18-15-13-11-9-7-8-10-12-14-16-19-25(28)29-22-6-4-2/h20-21,23-24H,3-19,22H2,1-2H3. The van der Waals surface area contributed by atoms with Crippen molar-refractivity contribution < 1.29 is 9.53 Å². The van der Waals surface area contributed by atoms with Gasteiger partial charge in [-0.15, -0.1) is 0 Å². The van der Waals surface area contributed by atoms with Crippen LogP contribution in [0, 0.1) is 0 Å². The van der Waals surface area contributed by atoms with Gasteiger partial charge in [-0.1, -0.05) is 90.9 Å². The van der Waals surface area contributed by atoms with E-state index in [-0.39, 0.29) is 5.97 Å². The average molecular weight is 407 g/mol. The van der Waals surface area contributed by atoms with E-state index < -0.39 is 0 Å². The van der Waals surface area contributed by atoms with E-state index in [1.165, 1.54) is 77.0 Å². The summed E-state index contributed by atoms with van der Waals surface area (Å²) in [5, 5.41) is 0. The molecule has 0 aromatic carbocycles. The molecule has 1 heterocycles. The molecule has 1 aromatic heterocycles. The van der Waals surface area contributed by atoms with Gasteiger partial charge < -0.3 is 9.30 Å². The summed E-state index contributed by atoms with van der Waals surface area (Å²) in [6.07, 6.45) is 26.7. The Bertz CT molecular complexity index is 473. The molecule has 0 spiro atoms. The smallest absolute Gasteiger partial charge is 0.305 e. The van der Waals surface area contributed by atoms with E-state index in [0.717, 1.165) is 25.7 Å². The number of esters is 1. The second-order valence-corrected chi connectivity index (χ2v) is 8.45. The lowest BCUT2D eigenvalue weighted by Crippen LogP contribution is -2.07. The third-order valence-corrected chi connectivity index (χ3v) is 5.77.